The number of nitrogens with one attached hydrogen (secondary N) is 1. The van der Waals surface area contributed by atoms with Gasteiger partial charge in [-0.25, -0.2) is 9.59 Å². The zero-order chi connectivity index (χ0) is 23.1. The van der Waals surface area contributed by atoms with Gasteiger partial charge in [0.2, 0.25) is 0 Å². The number of urea groups is 1. The van der Waals surface area contributed by atoms with E-state index in [1.807, 2.05) is 0 Å². The Hall–Kier alpha value is -3.76. The monoisotopic (exact) mass is 449 g/mol. The number of hydrogen-bond donors (Lipinski definition) is 1. The number of rotatable bonds is 6. The number of para-hydroxylation sites is 2. The quantitative estimate of drug-likeness (QED) is 0.583. The van der Waals surface area contributed by atoms with Crippen molar-refractivity contribution >= 4 is 23.0 Å². The molecule has 168 valence electrons. The zero-order valence-electron chi connectivity index (χ0n) is 16.8. The van der Waals surface area contributed by atoms with Crippen LogP contribution in [0.5, 0.6) is 5.75 Å². The van der Waals surface area contributed by atoms with Crippen LogP contribution < -0.4 is 15.8 Å². The number of imide groups is 1. The van der Waals surface area contributed by atoms with Crippen molar-refractivity contribution in [3.63, 3.8) is 0 Å². The maximum absolute atomic E-state index is 13.0. The molecule has 3 aromatic rings. The first-order valence-corrected chi connectivity index (χ1v) is 9.67. The minimum Gasteiger partial charge on any atom is -0.408 e. The van der Waals surface area contributed by atoms with Gasteiger partial charge in [0.15, 0.2) is 5.58 Å². The van der Waals surface area contributed by atoms with Crippen LogP contribution in [0.4, 0.5) is 18.0 Å². The van der Waals surface area contributed by atoms with E-state index in [0.29, 0.717) is 23.1 Å². The number of nitrogens with zero attached hydrogens (tertiary/aromatic N) is 2. The number of halogens is 3. The van der Waals surface area contributed by atoms with E-state index < -0.39 is 35.3 Å². The fraction of sp³-hybridized carbons (Fsp3) is 0.286. The van der Waals surface area contributed by atoms with Gasteiger partial charge in [-0.3, -0.25) is 14.3 Å². The third kappa shape index (κ3) is 3.93. The summed E-state index contributed by atoms with van der Waals surface area (Å²) >= 11 is 0. The fourth-order valence-electron chi connectivity index (χ4n) is 3.70. The number of benzene rings is 2. The summed E-state index contributed by atoms with van der Waals surface area (Å²) in [7, 11) is 0. The van der Waals surface area contributed by atoms with Crippen molar-refractivity contribution in [1.29, 1.82) is 0 Å². The second-order valence-electron chi connectivity index (χ2n) is 7.43. The van der Waals surface area contributed by atoms with E-state index in [1.54, 1.807) is 24.3 Å². The van der Waals surface area contributed by atoms with E-state index in [1.165, 1.54) is 23.6 Å². The van der Waals surface area contributed by atoms with Crippen molar-refractivity contribution in [2.75, 3.05) is 6.54 Å². The van der Waals surface area contributed by atoms with Crippen molar-refractivity contribution in [2.24, 2.45) is 0 Å². The molecular weight excluding hydrogens is 431 g/mol. The van der Waals surface area contributed by atoms with Gasteiger partial charge in [0.1, 0.15) is 11.3 Å². The van der Waals surface area contributed by atoms with Gasteiger partial charge in [0, 0.05) is 13.1 Å². The van der Waals surface area contributed by atoms with Gasteiger partial charge in [0.25, 0.3) is 5.91 Å². The number of aryl methyl sites for hydroxylation is 1. The largest absolute Gasteiger partial charge is 0.573 e. The van der Waals surface area contributed by atoms with Crippen molar-refractivity contribution in [1.82, 2.24) is 14.8 Å². The van der Waals surface area contributed by atoms with Crippen molar-refractivity contribution in [3.8, 4) is 5.75 Å². The number of aromatic nitrogens is 1. The molecule has 1 fully saturated rings. The molecule has 1 unspecified atom stereocenters. The lowest BCUT2D eigenvalue weighted by molar-refractivity contribution is -0.274. The molecule has 1 aromatic heterocycles. The SMILES string of the molecule is CC1(c2ccc(OC(F)(F)F)cc2)NC(=O)N(CCCn2c(=O)oc3ccccc32)C1=O. The number of fused-ring (bicyclic) bond motifs is 1. The normalized spacial score (nSPS) is 18.9. The van der Waals surface area contributed by atoms with Gasteiger partial charge in [-0.15, -0.1) is 13.2 Å². The van der Waals surface area contributed by atoms with E-state index in [0.717, 1.165) is 17.0 Å². The summed E-state index contributed by atoms with van der Waals surface area (Å²) in [6.07, 6.45) is -4.53. The van der Waals surface area contributed by atoms with E-state index in [4.69, 9.17) is 4.42 Å². The second kappa shape index (κ2) is 7.74. The van der Waals surface area contributed by atoms with Crippen LogP contribution in [0.15, 0.2) is 57.7 Å². The highest BCUT2D eigenvalue weighted by Crippen LogP contribution is 2.31. The van der Waals surface area contributed by atoms with Crippen molar-refractivity contribution in [3.05, 3.63) is 64.6 Å². The highest BCUT2D eigenvalue weighted by atomic mass is 19.4. The Balaban J connectivity index is 1.45. The van der Waals surface area contributed by atoms with Gasteiger partial charge in [-0.2, -0.15) is 0 Å². The van der Waals surface area contributed by atoms with E-state index in [-0.39, 0.29) is 13.1 Å². The highest BCUT2D eigenvalue weighted by molar-refractivity contribution is 6.07. The third-order valence-corrected chi connectivity index (χ3v) is 5.28. The average molecular weight is 449 g/mol. The minimum atomic E-state index is -4.83. The van der Waals surface area contributed by atoms with Crippen LogP contribution in [-0.2, 0) is 16.9 Å². The lowest BCUT2D eigenvalue weighted by Crippen LogP contribution is -2.41. The summed E-state index contributed by atoms with van der Waals surface area (Å²) in [5.74, 6) is -1.51. The summed E-state index contributed by atoms with van der Waals surface area (Å²) in [4.78, 5) is 38.5. The number of hydrogen-bond acceptors (Lipinski definition) is 5. The van der Waals surface area contributed by atoms with E-state index in [2.05, 4.69) is 10.1 Å². The van der Waals surface area contributed by atoms with Crippen LogP contribution in [-0.4, -0.2) is 34.3 Å². The van der Waals surface area contributed by atoms with Gasteiger partial charge in [-0.1, -0.05) is 24.3 Å². The van der Waals surface area contributed by atoms with Crippen LogP contribution >= 0.6 is 0 Å². The molecule has 1 atom stereocenters. The molecule has 2 heterocycles. The first-order valence-electron chi connectivity index (χ1n) is 9.67. The topological polar surface area (TPSA) is 93.8 Å². The minimum absolute atomic E-state index is 0.0431. The maximum atomic E-state index is 13.0. The highest BCUT2D eigenvalue weighted by Gasteiger charge is 2.48. The smallest absolute Gasteiger partial charge is 0.408 e. The van der Waals surface area contributed by atoms with Crippen molar-refractivity contribution < 1.29 is 31.9 Å². The molecule has 0 saturated carbocycles. The summed E-state index contributed by atoms with van der Waals surface area (Å²) in [5, 5.41) is 2.59. The predicted octanol–water partition coefficient (Wildman–Crippen LogP) is 3.35. The molecule has 0 bridgehead atoms. The molecule has 11 heteroatoms. The Labute approximate surface area is 179 Å². The molecule has 1 N–H and O–H groups in total. The number of alkyl halides is 3. The zero-order valence-corrected chi connectivity index (χ0v) is 16.8. The fourth-order valence-corrected chi connectivity index (χ4v) is 3.70. The molecule has 8 nitrogen and oxygen atoms in total. The molecule has 1 aliphatic heterocycles. The predicted molar refractivity (Wildman–Crippen MR) is 106 cm³/mol. The Morgan fingerprint density at radius 3 is 2.41 bits per heavy atom. The summed E-state index contributed by atoms with van der Waals surface area (Å²) < 4.78 is 47.5. The maximum Gasteiger partial charge on any atom is 0.573 e. The van der Waals surface area contributed by atoms with E-state index >= 15 is 0 Å². The summed E-state index contributed by atoms with van der Waals surface area (Å²) in [5.41, 5.74) is -0.0730. The van der Waals surface area contributed by atoms with Gasteiger partial charge >= 0.3 is 18.1 Å². The number of carbonyl (C=O) groups is 2. The lowest BCUT2D eigenvalue weighted by Gasteiger charge is -2.22. The average Bonchev–Trinajstić information content (AvgIpc) is 3.15. The number of oxazole rings is 1. The second-order valence-corrected chi connectivity index (χ2v) is 7.43. The van der Waals surface area contributed by atoms with Crippen LogP contribution in [0, 0.1) is 0 Å². The number of ether oxygens (including phenoxy) is 1. The molecular formula is C21H18F3N3O5. The van der Waals surface area contributed by atoms with Crippen LogP contribution in [0.25, 0.3) is 11.1 Å². The van der Waals surface area contributed by atoms with Crippen LogP contribution in [0.3, 0.4) is 0 Å². The molecule has 0 aliphatic carbocycles. The standard InChI is InChI=1S/C21H18F3N3O5/c1-20(13-7-9-14(10-8-13)32-21(22,23)24)17(28)27(18(29)25-20)12-4-11-26-15-5-2-3-6-16(15)31-19(26)30/h2-3,5-10H,4,11-12H2,1H3,(H,25,29). The summed E-state index contributed by atoms with van der Waals surface area (Å²) in [6.45, 7) is 1.75. The number of amides is 3. The molecule has 1 aliphatic rings. The molecule has 0 spiro atoms. The lowest BCUT2D eigenvalue weighted by atomic mass is 9.92. The number of carbonyl (C=O) groups excluding carboxylic acids is 2. The Bertz CT molecular complexity index is 1230. The molecule has 4 rings (SSSR count). The van der Waals surface area contributed by atoms with Gasteiger partial charge < -0.3 is 14.5 Å². The molecule has 2 aromatic carbocycles. The Kier molecular flexibility index (Phi) is 5.19. The van der Waals surface area contributed by atoms with Gasteiger partial charge in [0.05, 0.1) is 5.52 Å². The molecule has 32 heavy (non-hydrogen) atoms. The van der Waals surface area contributed by atoms with E-state index in [9.17, 15) is 27.6 Å². The molecule has 0 radical (unpaired) electrons. The molecule has 1 saturated heterocycles. The van der Waals surface area contributed by atoms with Crippen LogP contribution in [0.1, 0.15) is 18.9 Å². The molecule has 3 amide bonds. The van der Waals surface area contributed by atoms with Gasteiger partial charge in [-0.05, 0) is 43.2 Å². The first-order chi connectivity index (χ1) is 15.1. The van der Waals surface area contributed by atoms with Crippen LogP contribution in [0.2, 0.25) is 0 Å². The summed E-state index contributed by atoms with van der Waals surface area (Å²) in [6, 6.07) is 11.0. The third-order valence-electron chi connectivity index (χ3n) is 5.28. The first kappa shape index (κ1) is 21.5. The Morgan fingerprint density at radius 1 is 1.03 bits per heavy atom. The Morgan fingerprint density at radius 2 is 1.72 bits per heavy atom. The van der Waals surface area contributed by atoms with Crippen molar-refractivity contribution in [2.45, 2.75) is 31.8 Å².